The number of fused-ring (bicyclic) bond motifs is 2. The van der Waals surface area contributed by atoms with E-state index in [-0.39, 0.29) is 11.1 Å². The fraction of sp³-hybridized carbons (Fsp3) is 0.222. The van der Waals surface area contributed by atoms with Gasteiger partial charge in [0.15, 0.2) is 5.43 Å². The summed E-state index contributed by atoms with van der Waals surface area (Å²) in [5.74, 6) is 0. The lowest BCUT2D eigenvalue weighted by Gasteiger charge is -2.14. The summed E-state index contributed by atoms with van der Waals surface area (Å²) in [6, 6.07) is 8.63. The van der Waals surface area contributed by atoms with Crippen LogP contribution in [-0.4, -0.2) is 41.5 Å². The first-order valence-electron chi connectivity index (χ1n) is 8.01. The number of anilines is 1. The van der Waals surface area contributed by atoms with Gasteiger partial charge in [-0.2, -0.15) is 0 Å². The molecule has 4 rings (SSSR count). The molecule has 0 saturated heterocycles. The highest BCUT2D eigenvalue weighted by molar-refractivity contribution is 6.07. The Morgan fingerprint density at radius 3 is 2.84 bits per heavy atom. The lowest BCUT2D eigenvalue weighted by molar-refractivity contribution is 0.425. The van der Waals surface area contributed by atoms with Crippen LogP contribution in [0.15, 0.2) is 46.6 Å². The van der Waals surface area contributed by atoms with Gasteiger partial charge in [-0.3, -0.25) is 9.20 Å². The lowest BCUT2D eigenvalue weighted by atomic mass is 10.1. The Morgan fingerprint density at radius 1 is 1.24 bits per heavy atom. The maximum absolute atomic E-state index is 13.1. The predicted molar refractivity (Wildman–Crippen MR) is 100 cm³/mol. The van der Waals surface area contributed by atoms with Crippen molar-refractivity contribution >= 4 is 38.7 Å². The maximum atomic E-state index is 13.1. The average Bonchev–Trinajstić information content (AvgIpc) is 3.04. The van der Waals surface area contributed by atoms with Crippen LogP contribution in [0, 0.1) is 4.91 Å². The molecule has 126 valence electrons. The third-order valence-corrected chi connectivity index (χ3v) is 4.40. The molecule has 0 saturated carbocycles. The Hall–Kier alpha value is -3.06. The van der Waals surface area contributed by atoms with Crippen LogP contribution >= 0.6 is 0 Å². The average molecular weight is 335 g/mol. The van der Waals surface area contributed by atoms with Crippen LogP contribution < -0.4 is 10.7 Å². The fourth-order valence-corrected chi connectivity index (χ4v) is 3.18. The molecule has 0 aliphatic rings. The molecule has 25 heavy (non-hydrogen) atoms. The van der Waals surface area contributed by atoms with Crippen LogP contribution in [0.3, 0.4) is 0 Å². The SMILES string of the molecule is CN(C)CCNc1ccc2ncn3c4cc(N=O)ccc4c(=O)c1c23. The van der Waals surface area contributed by atoms with Gasteiger partial charge >= 0.3 is 0 Å². The Balaban J connectivity index is 2.01. The van der Waals surface area contributed by atoms with Crippen LogP contribution in [-0.2, 0) is 0 Å². The molecule has 4 aromatic rings. The second kappa shape index (κ2) is 5.78. The van der Waals surface area contributed by atoms with E-state index in [1.165, 1.54) is 0 Å². The standard InChI is InChI=1S/C18H17N5O2/c1-22(2)8-7-19-13-5-6-14-17-16(13)18(24)12-4-3-11(21-25)9-15(12)23(17)10-20-14/h3-6,9-10,19H,7-8H2,1-2H3. The third-order valence-electron chi connectivity index (χ3n) is 4.40. The van der Waals surface area contributed by atoms with Gasteiger partial charge in [-0.15, -0.1) is 4.91 Å². The van der Waals surface area contributed by atoms with Gasteiger partial charge in [-0.05, 0) is 49.6 Å². The van der Waals surface area contributed by atoms with E-state index in [2.05, 4.69) is 20.4 Å². The molecule has 7 heteroatoms. The Labute approximate surface area is 143 Å². The summed E-state index contributed by atoms with van der Waals surface area (Å²) in [6.07, 6.45) is 1.68. The molecule has 0 fully saturated rings. The topological polar surface area (TPSA) is 79.1 Å². The first kappa shape index (κ1) is 15.5. The van der Waals surface area contributed by atoms with Crippen molar-refractivity contribution in [2.24, 2.45) is 5.18 Å². The fourth-order valence-electron chi connectivity index (χ4n) is 3.18. The number of benzene rings is 2. The minimum Gasteiger partial charge on any atom is -0.383 e. The van der Waals surface area contributed by atoms with Crippen molar-refractivity contribution in [3.05, 3.63) is 51.8 Å². The van der Waals surface area contributed by atoms with Crippen molar-refractivity contribution < 1.29 is 0 Å². The zero-order chi connectivity index (χ0) is 17.6. The summed E-state index contributed by atoms with van der Waals surface area (Å²) in [5, 5.41) is 7.48. The van der Waals surface area contributed by atoms with E-state index in [0.717, 1.165) is 29.8 Å². The predicted octanol–water partition coefficient (Wildman–Crippen LogP) is 2.81. The number of nitroso groups, excluding NO2 is 1. The van der Waals surface area contributed by atoms with Gasteiger partial charge in [0.25, 0.3) is 0 Å². The van der Waals surface area contributed by atoms with Gasteiger partial charge in [0.05, 0.1) is 21.9 Å². The van der Waals surface area contributed by atoms with Gasteiger partial charge in [0.2, 0.25) is 0 Å². The summed E-state index contributed by atoms with van der Waals surface area (Å²) < 4.78 is 1.85. The van der Waals surface area contributed by atoms with Crippen LogP contribution in [0.5, 0.6) is 0 Å². The van der Waals surface area contributed by atoms with Gasteiger partial charge in [0.1, 0.15) is 12.0 Å². The van der Waals surface area contributed by atoms with Gasteiger partial charge < -0.3 is 10.2 Å². The smallest absolute Gasteiger partial charge is 0.199 e. The van der Waals surface area contributed by atoms with E-state index in [1.807, 2.05) is 30.6 Å². The van der Waals surface area contributed by atoms with Crippen LogP contribution in [0.25, 0.3) is 27.3 Å². The molecule has 0 bridgehead atoms. The number of likely N-dealkylation sites (N-methyl/N-ethyl adjacent to an activating group) is 1. The van der Waals surface area contributed by atoms with Crippen LogP contribution in [0.2, 0.25) is 0 Å². The Kier molecular flexibility index (Phi) is 3.58. The van der Waals surface area contributed by atoms with E-state index >= 15 is 0 Å². The molecule has 7 nitrogen and oxygen atoms in total. The number of imidazole rings is 1. The normalized spacial score (nSPS) is 11.8. The van der Waals surface area contributed by atoms with Crippen molar-refractivity contribution in [1.29, 1.82) is 0 Å². The molecular weight excluding hydrogens is 318 g/mol. The summed E-state index contributed by atoms with van der Waals surface area (Å²) in [4.78, 5) is 30.4. The molecule has 2 aromatic heterocycles. The molecule has 0 atom stereocenters. The highest BCUT2D eigenvalue weighted by Gasteiger charge is 2.16. The molecule has 0 aliphatic heterocycles. The highest BCUT2D eigenvalue weighted by atomic mass is 16.3. The lowest BCUT2D eigenvalue weighted by Crippen LogP contribution is -2.21. The molecule has 0 spiro atoms. The summed E-state index contributed by atoms with van der Waals surface area (Å²) in [7, 11) is 4.01. The van der Waals surface area contributed by atoms with Gasteiger partial charge in [-0.25, -0.2) is 4.98 Å². The minimum atomic E-state index is -0.0709. The summed E-state index contributed by atoms with van der Waals surface area (Å²) in [5.41, 5.74) is 3.16. The van der Waals surface area contributed by atoms with Crippen molar-refractivity contribution in [2.45, 2.75) is 0 Å². The third kappa shape index (κ3) is 2.40. The number of aromatic nitrogens is 2. The van der Waals surface area contributed by atoms with Crippen molar-refractivity contribution in [2.75, 3.05) is 32.5 Å². The zero-order valence-electron chi connectivity index (χ0n) is 14.0. The second-order valence-electron chi connectivity index (χ2n) is 6.32. The monoisotopic (exact) mass is 335 g/mol. The van der Waals surface area contributed by atoms with Crippen LogP contribution in [0.4, 0.5) is 11.4 Å². The number of pyridine rings is 1. The number of rotatable bonds is 5. The Morgan fingerprint density at radius 2 is 2.08 bits per heavy atom. The highest BCUT2D eigenvalue weighted by Crippen LogP contribution is 2.29. The number of nitrogens with one attached hydrogen (secondary N) is 1. The number of nitrogens with zero attached hydrogens (tertiary/aromatic N) is 4. The Bertz CT molecular complexity index is 1150. The molecule has 2 aromatic carbocycles. The molecule has 0 amide bonds. The quantitative estimate of drug-likeness (QED) is 0.448. The number of hydrogen-bond donors (Lipinski definition) is 1. The zero-order valence-corrected chi connectivity index (χ0v) is 14.0. The van der Waals surface area contributed by atoms with E-state index < -0.39 is 0 Å². The molecule has 0 radical (unpaired) electrons. The summed E-state index contributed by atoms with van der Waals surface area (Å²) >= 11 is 0. The van der Waals surface area contributed by atoms with E-state index in [1.54, 1.807) is 24.5 Å². The van der Waals surface area contributed by atoms with E-state index in [0.29, 0.717) is 16.3 Å². The van der Waals surface area contributed by atoms with E-state index in [9.17, 15) is 9.70 Å². The van der Waals surface area contributed by atoms with Crippen molar-refractivity contribution in [1.82, 2.24) is 14.3 Å². The number of hydrogen-bond acceptors (Lipinski definition) is 6. The largest absolute Gasteiger partial charge is 0.383 e. The van der Waals surface area contributed by atoms with Gasteiger partial charge in [0, 0.05) is 24.2 Å². The molecular formula is C18H17N5O2. The molecule has 2 heterocycles. The summed E-state index contributed by atoms with van der Waals surface area (Å²) in [6.45, 7) is 1.59. The van der Waals surface area contributed by atoms with E-state index in [4.69, 9.17) is 0 Å². The van der Waals surface area contributed by atoms with Crippen LogP contribution in [0.1, 0.15) is 0 Å². The molecule has 0 unspecified atom stereocenters. The molecule has 0 aliphatic carbocycles. The molecule has 1 N–H and O–H groups in total. The van der Waals surface area contributed by atoms with Gasteiger partial charge in [-0.1, -0.05) is 0 Å². The first-order chi connectivity index (χ1) is 12.1. The van der Waals surface area contributed by atoms with Crippen molar-refractivity contribution in [3.8, 4) is 0 Å². The second-order valence-corrected chi connectivity index (χ2v) is 6.32. The van der Waals surface area contributed by atoms with Crippen molar-refractivity contribution in [3.63, 3.8) is 0 Å². The minimum absolute atomic E-state index is 0.0709. The first-order valence-corrected chi connectivity index (χ1v) is 8.01. The maximum Gasteiger partial charge on any atom is 0.199 e.